The first kappa shape index (κ1) is 12.9. The van der Waals surface area contributed by atoms with Gasteiger partial charge in [0.25, 0.3) is 0 Å². The van der Waals surface area contributed by atoms with Crippen LogP contribution in [0.1, 0.15) is 32.7 Å². The van der Waals surface area contributed by atoms with Gasteiger partial charge in [-0.1, -0.05) is 11.3 Å². The number of carbonyl (C=O) groups excluding carboxylic acids is 1. The third kappa shape index (κ3) is 2.83. The van der Waals surface area contributed by atoms with Gasteiger partial charge in [-0.15, -0.1) is 11.3 Å². The van der Waals surface area contributed by atoms with Crippen LogP contribution in [0.4, 0.5) is 5.13 Å². The summed E-state index contributed by atoms with van der Waals surface area (Å²) in [5, 5.41) is 6.80. The van der Waals surface area contributed by atoms with Crippen molar-refractivity contribution in [2.24, 2.45) is 5.10 Å². The van der Waals surface area contributed by atoms with Crippen LogP contribution in [0.5, 0.6) is 0 Å². The Morgan fingerprint density at radius 1 is 1.50 bits per heavy atom. The van der Waals surface area contributed by atoms with Gasteiger partial charge in [0.1, 0.15) is 0 Å². The van der Waals surface area contributed by atoms with E-state index < -0.39 is 0 Å². The van der Waals surface area contributed by atoms with Crippen molar-refractivity contribution in [3.8, 4) is 0 Å². The first-order valence-electron chi connectivity index (χ1n) is 5.39. The summed E-state index contributed by atoms with van der Waals surface area (Å²) in [5.41, 5.74) is 4.80. The number of hydrogen-bond acceptors (Lipinski definition) is 6. The summed E-state index contributed by atoms with van der Waals surface area (Å²) in [5.74, 6) is 0.0381. The van der Waals surface area contributed by atoms with E-state index in [-0.39, 0.29) is 5.78 Å². The Morgan fingerprint density at radius 3 is 2.83 bits per heavy atom. The highest BCUT2D eigenvalue weighted by Crippen LogP contribution is 2.22. The largest absolute Gasteiger partial charge is 0.294 e. The van der Waals surface area contributed by atoms with E-state index in [1.807, 2.05) is 25.3 Å². The number of nitrogens with one attached hydrogen (secondary N) is 1. The van der Waals surface area contributed by atoms with Crippen molar-refractivity contribution in [3.63, 3.8) is 0 Å². The fourth-order valence-electron chi connectivity index (χ4n) is 1.43. The third-order valence-corrected chi connectivity index (χ3v) is 4.48. The summed E-state index contributed by atoms with van der Waals surface area (Å²) in [4.78, 5) is 17.3. The monoisotopic (exact) mass is 279 g/mol. The summed E-state index contributed by atoms with van der Waals surface area (Å²) in [6.45, 7) is 5.41. The van der Waals surface area contributed by atoms with Crippen LogP contribution in [0.3, 0.4) is 0 Å². The normalized spacial score (nSPS) is 11.1. The van der Waals surface area contributed by atoms with Gasteiger partial charge < -0.3 is 0 Å². The molecule has 18 heavy (non-hydrogen) atoms. The van der Waals surface area contributed by atoms with E-state index in [2.05, 4.69) is 15.5 Å². The molecule has 2 rings (SSSR count). The van der Waals surface area contributed by atoms with Crippen LogP contribution in [-0.4, -0.2) is 17.0 Å². The molecule has 2 aromatic heterocycles. The number of aromatic nitrogens is 1. The van der Waals surface area contributed by atoms with Crippen LogP contribution in [0.2, 0.25) is 0 Å². The Kier molecular flexibility index (Phi) is 3.88. The van der Waals surface area contributed by atoms with Gasteiger partial charge in [0.15, 0.2) is 5.78 Å². The van der Waals surface area contributed by atoms with E-state index in [1.165, 1.54) is 16.9 Å². The summed E-state index contributed by atoms with van der Waals surface area (Å²) in [6.07, 6.45) is 1.77. The second-order valence-corrected chi connectivity index (χ2v) is 5.77. The van der Waals surface area contributed by atoms with E-state index in [0.29, 0.717) is 10.0 Å². The summed E-state index contributed by atoms with van der Waals surface area (Å²) >= 11 is 2.96. The lowest BCUT2D eigenvalue weighted by Crippen LogP contribution is -1.90. The molecule has 0 fully saturated rings. The molecule has 0 aromatic carbocycles. The number of carbonyl (C=O) groups is 1. The number of nitrogens with zero attached hydrogens (tertiary/aromatic N) is 2. The molecule has 4 nitrogen and oxygen atoms in total. The molecule has 0 saturated heterocycles. The van der Waals surface area contributed by atoms with Crippen LogP contribution in [-0.2, 0) is 0 Å². The van der Waals surface area contributed by atoms with Crippen LogP contribution >= 0.6 is 22.7 Å². The van der Waals surface area contributed by atoms with Crippen molar-refractivity contribution in [2.45, 2.75) is 20.8 Å². The minimum absolute atomic E-state index is 0.0381. The number of thiazole rings is 1. The van der Waals surface area contributed by atoms with Crippen LogP contribution < -0.4 is 5.43 Å². The molecular formula is C12H13N3OS2. The minimum Gasteiger partial charge on any atom is -0.294 e. The van der Waals surface area contributed by atoms with Crippen LogP contribution in [0.25, 0.3) is 0 Å². The van der Waals surface area contributed by atoms with Gasteiger partial charge >= 0.3 is 0 Å². The summed E-state index contributed by atoms with van der Waals surface area (Å²) in [6, 6.07) is 2.05. The van der Waals surface area contributed by atoms with Gasteiger partial charge in [-0.3, -0.25) is 10.2 Å². The molecule has 94 valence electrons. The number of anilines is 1. The molecule has 0 aliphatic carbocycles. The number of ketones is 1. The highest BCUT2D eigenvalue weighted by molar-refractivity contribution is 7.17. The molecule has 0 atom stereocenters. The smallest absolute Gasteiger partial charge is 0.204 e. The average Bonchev–Trinajstić information content (AvgIpc) is 2.86. The second-order valence-electron chi connectivity index (χ2n) is 3.83. The first-order chi connectivity index (χ1) is 8.58. The van der Waals surface area contributed by atoms with Crippen molar-refractivity contribution in [2.75, 3.05) is 5.43 Å². The molecule has 1 N–H and O–H groups in total. The van der Waals surface area contributed by atoms with Crippen molar-refractivity contribution in [1.82, 2.24) is 4.98 Å². The zero-order chi connectivity index (χ0) is 13.1. The SMILES string of the molecule is CC(=O)c1sc(NN=Cc2sccc2C)nc1C. The predicted octanol–water partition coefficient (Wildman–Crippen LogP) is 3.47. The number of thiophene rings is 1. The standard InChI is InChI=1S/C12H13N3OS2/c1-7-4-5-17-10(7)6-13-15-12-14-8(2)11(18-12)9(3)16/h4-6H,1-3H3,(H,14,15). The van der Waals surface area contributed by atoms with Gasteiger partial charge in [-0.2, -0.15) is 5.10 Å². The third-order valence-electron chi connectivity index (χ3n) is 2.36. The second kappa shape index (κ2) is 5.41. The molecule has 2 heterocycles. The van der Waals surface area contributed by atoms with E-state index >= 15 is 0 Å². The Hall–Kier alpha value is -1.53. The van der Waals surface area contributed by atoms with E-state index in [1.54, 1.807) is 24.5 Å². The molecule has 0 aliphatic rings. The lowest BCUT2D eigenvalue weighted by atomic mass is 10.3. The van der Waals surface area contributed by atoms with E-state index in [4.69, 9.17) is 0 Å². The molecule has 0 amide bonds. The zero-order valence-electron chi connectivity index (χ0n) is 10.4. The van der Waals surface area contributed by atoms with Crippen LogP contribution in [0, 0.1) is 13.8 Å². The fraction of sp³-hybridized carbons (Fsp3) is 0.250. The fourth-order valence-corrected chi connectivity index (χ4v) is 3.03. The van der Waals surface area contributed by atoms with Gasteiger partial charge in [-0.05, 0) is 30.9 Å². The predicted molar refractivity (Wildman–Crippen MR) is 77.1 cm³/mol. The maximum Gasteiger partial charge on any atom is 0.204 e. The van der Waals surface area contributed by atoms with Gasteiger partial charge in [-0.25, -0.2) is 4.98 Å². The Bertz CT molecular complexity index is 598. The molecule has 2 aromatic rings. The van der Waals surface area contributed by atoms with E-state index in [0.717, 1.165) is 10.6 Å². The zero-order valence-corrected chi connectivity index (χ0v) is 12.0. The van der Waals surface area contributed by atoms with Crippen molar-refractivity contribution >= 4 is 39.8 Å². The molecule has 0 saturated carbocycles. The highest BCUT2D eigenvalue weighted by Gasteiger charge is 2.10. The summed E-state index contributed by atoms with van der Waals surface area (Å²) in [7, 11) is 0. The number of Topliss-reactive ketones (excluding diaryl/α,β-unsaturated/α-hetero) is 1. The van der Waals surface area contributed by atoms with Gasteiger partial charge in [0.05, 0.1) is 16.8 Å². The van der Waals surface area contributed by atoms with Gasteiger partial charge in [0.2, 0.25) is 5.13 Å². The molecule has 0 unspecified atom stereocenters. The lowest BCUT2D eigenvalue weighted by Gasteiger charge is -1.92. The number of aryl methyl sites for hydroxylation is 2. The first-order valence-corrected chi connectivity index (χ1v) is 7.09. The Balaban J connectivity index is 2.07. The van der Waals surface area contributed by atoms with Crippen molar-refractivity contribution < 1.29 is 4.79 Å². The van der Waals surface area contributed by atoms with E-state index in [9.17, 15) is 4.79 Å². The van der Waals surface area contributed by atoms with Crippen LogP contribution in [0.15, 0.2) is 16.5 Å². The molecule has 6 heteroatoms. The number of hydrogen-bond donors (Lipinski definition) is 1. The minimum atomic E-state index is 0.0381. The average molecular weight is 279 g/mol. The molecule has 0 radical (unpaired) electrons. The number of hydrazone groups is 1. The topological polar surface area (TPSA) is 54.4 Å². The van der Waals surface area contributed by atoms with Crippen molar-refractivity contribution in [1.29, 1.82) is 0 Å². The molecule has 0 aliphatic heterocycles. The lowest BCUT2D eigenvalue weighted by molar-refractivity contribution is 0.102. The number of rotatable bonds is 4. The highest BCUT2D eigenvalue weighted by atomic mass is 32.1. The Labute approximate surface area is 113 Å². The van der Waals surface area contributed by atoms with Crippen molar-refractivity contribution in [3.05, 3.63) is 32.5 Å². The maximum atomic E-state index is 11.3. The molecule has 0 bridgehead atoms. The summed E-state index contributed by atoms with van der Waals surface area (Å²) < 4.78 is 0. The quantitative estimate of drug-likeness (QED) is 0.529. The van der Waals surface area contributed by atoms with Gasteiger partial charge in [0, 0.05) is 11.8 Å². The molecule has 0 spiro atoms. The molecular weight excluding hydrogens is 266 g/mol. The maximum absolute atomic E-state index is 11.3. The Morgan fingerprint density at radius 2 is 2.28 bits per heavy atom.